The van der Waals surface area contributed by atoms with Crippen LogP contribution in [0.25, 0.3) is 0 Å². The van der Waals surface area contributed by atoms with Gasteiger partial charge in [0, 0.05) is 24.6 Å². The third kappa shape index (κ3) is 3.91. The first-order chi connectivity index (χ1) is 15.6. The highest BCUT2D eigenvalue weighted by Crippen LogP contribution is 2.45. The number of aromatic nitrogens is 2. The van der Waals surface area contributed by atoms with Crippen molar-refractivity contribution in [2.24, 2.45) is 5.10 Å². The van der Waals surface area contributed by atoms with Crippen molar-refractivity contribution >= 4 is 17.4 Å². The average Bonchev–Trinajstić information content (AvgIpc) is 3.28. The molecule has 2 N–H and O–H groups in total. The fourth-order valence-corrected chi connectivity index (χ4v) is 4.14. The van der Waals surface area contributed by atoms with Crippen LogP contribution in [0, 0.1) is 13.8 Å². The molecule has 0 saturated heterocycles. The van der Waals surface area contributed by atoms with Crippen molar-refractivity contribution in [3.8, 4) is 0 Å². The molecule has 2 aliphatic heterocycles. The highest BCUT2D eigenvalue weighted by atomic mass is 19.4. The molecule has 0 saturated carbocycles. The summed E-state index contributed by atoms with van der Waals surface area (Å²) in [7, 11) is 0. The van der Waals surface area contributed by atoms with Crippen LogP contribution in [0.1, 0.15) is 59.0 Å². The van der Waals surface area contributed by atoms with Gasteiger partial charge in [0.05, 0.1) is 6.04 Å². The number of hydrazone groups is 1. The third-order valence-electron chi connectivity index (χ3n) is 6.11. The van der Waals surface area contributed by atoms with Crippen molar-refractivity contribution in [1.82, 2.24) is 14.8 Å². The molecule has 0 fully saturated rings. The number of amides is 1. The number of fused-ring (bicyclic) bond motifs is 1. The summed E-state index contributed by atoms with van der Waals surface area (Å²) in [4.78, 5) is 12.8. The highest BCUT2D eigenvalue weighted by molar-refractivity contribution is 5.97. The molecule has 2 aromatic rings. The van der Waals surface area contributed by atoms with Crippen LogP contribution in [0.5, 0.6) is 0 Å². The normalized spacial score (nSPS) is 25.1. The van der Waals surface area contributed by atoms with E-state index in [0.717, 1.165) is 17.2 Å². The van der Waals surface area contributed by atoms with E-state index in [-0.39, 0.29) is 16.5 Å². The van der Waals surface area contributed by atoms with Gasteiger partial charge in [0.15, 0.2) is 11.7 Å². The second-order valence-electron chi connectivity index (χ2n) is 8.64. The molecule has 0 unspecified atom stereocenters. The van der Waals surface area contributed by atoms with Crippen molar-refractivity contribution in [3.63, 3.8) is 0 Å². The fourth-order valence-electron chi connectivity index (χ4n) is 4.14. The summed E-state index contributed by atoms with van der Waals surface area (Å²) in [5.41, 5.74) is -2.06. The second-order valence-corrected chi connectivity index (χ2v) is 8.64. The van der Waals surface area contributed by atoms with Crippen molar-refractivity contribution in [2.45, 2.75) is 63.8 Å². The SMILES string of the molecule is CC1=NN(C(=O)c2cc3n(n2)[C@H](C(F)(F)F)C[C@H](c2ccc(C)c(C)c2)N3)[C@@](O)(C(F)(F)F)C1. The van der Waals surface area contributed by atoms with Crippen LogP contribution in [0.15, 0.2) is 29.4 Å². The van der Waals surface area contributed by atoms with Crippen LogP contribution in [0.2, 0.25) is 0 Å². The molecule has 1 aromatic carbocycles. The van der Waals surface area contributed by atoms with E-state index in [1.807, 2.05) is 13.8 Å². The van der Waals surface area contributed by atoms with Crippen LogP contribution in [-0.2, 0) is 0 Å². The summed E-state index contributed by atoms with van der Waals surface area (Å²) in [5, 5.41) is 20.0. The standard InChI is InChI=1S/C21H21F6N5O2/c1-10-4-5-13(6-11(10)2)14-7-16(20(22,23)24)31-17(28-14)8-15(30-31)18(33)32-19(34,21(25,26)27)9-12(3)29-32/h4-6,8,14,16,28,34H,7,9H2,1-3H3/t14-,16+,19+/m1/s1. The van der Waals surface area contributed by atoms with Crippen LogP contribution in [-0.4, -0.2) is 49.6 Å². The maximum Gasteiger partial charge on any atom is 0.438 e. The zero-order valence-corrected chi connectivity index (χ0v) is 18.3. The number of aliphatic hydroxyl groups is 1. The van der Waals surface area contributed by atoms with Gasteiger partial charge >= 0.3 is 12.4 Å². The molecule has 0 aliphatic carbocycles. The maximum absolute atomic E-state index is 13.9. The van der Waals surface area contributed by atoms with E-state index in [1.165, 1.54) is 6.92 Å². The number of anilines is 1. The average molecular weight is 489 g/mol. The molecule has 2 aliphatic rings. The number of hydrogen-bond donors (Lipinski definition) is 2. The monoisotopic (exact) mass is 489 g/mol. The lowest BCUT2D eigenvalue weighted by molar-refractivity contribution is -0.297. The van der Waals surface area contributed by atoms with Gasteiger partial charge in [-0.3, -0.25) is 4.79 Å². The lowest BCUT2D eigenvalue weighted by Crippen LogP contribution is -2.56. The quantitative estimate of drug-likeness (QED) is 0.603. The minimum absolute atomic E-state index is 0.167. The van der Waals surface area contributed by atoms with Crippen LogP contribution < -0.4 is 5.32 Å². The van der Waals surface area contributed by atoms with E-state index in [4.69, 9.17) is 0 Å². The number of hydrogen-bond acceptors (Lipinski definition) is 5. The van der Waals surface area contributed by atoms with E-state index in [0.29, 0.717) is 10.2 Å². The molecule has 4 rings (SSSR count). The van der Waals surface area contributed by atoms with E-state index < -0.39 is 54.6 Å². The maximum atomic E-state index is 13.9. The summed E-state index contributed by atoms with van der Waals surface area (Å²) in [6.07, 6.45) is -11.4. The molecule has 34 heavy (non-hydrogen) atoms. The van der Waals surface area contributed by atoms with Gasteiger partial charge in [-0.05, 0) is 37.5 Å². The van der Waals surface area contributed by atoms with Crippen molar-refractivity contribution in [1.29, 1.82) is 0 Å². The Hall–Kier alpha value is -3.09. The number of carbonyl (C=O) groups is 1. The number of nitrogens with one attached hydrogen (secondary N) is 1. The zero-order valence-electron chi connectivity index (χ0n) is 18.3. The molecular weight excluding hydrogens is 468 g/mol. The topological polar surface area (TPSA) is 82.8 Å². The molecular formula is C21H21F6N5O2. The molecule has 0 spiro atoms. The molecule has 3 heterocycles. The van der Waals surface area contributed by atoms with Crippen molar-refractivity contribution < 1.29 is 36.2 Å². The number of alkyl halides is 6. The minimum atomic E-state index is -5.25. The van der Waals surface area contributed by atoms with Gasteiger partial charge in [-0.25, -0.2) is 4.68 Å². The third-order valence-corrected chi connectivity index (χ3v) is 6.11. The summed E-state index contributed by atoms with van der Waals surface area (Å²) in [5.74, 6) is -1.65. The Morgan fingerprint density at radius 1 is 1.12 bits per heavy atom. The summed E-state index contributed by atoms with van der Waals surface area (Å²) < 4.78 is 82.7. The predicted octanol–water partition coefficient (Wildman–Crippen LogP) is 4.63. The molecule has 7 nitrogen and oxygen atoms in total. The molecule has 0 bridgehead atoms. The number of aryl methyl sites for hydroxylation is 2. The van der Waals surface area contributed by atoms with E-state index in [9.17, 15) is 36.2 Å². The fraction of sp³-hybridized carbons (Fsp3) is 0.476. The number of rotatable bonds is 2. The number of halogens is 6. The number of benzene rings is 1. The first-order valence-corrected chi connectivity index (χ1v) is 10.3. The Morgan fingerprint density at radius 2 is 1.79 bits per heavy atom. The first kappa shape index (κ1) is 24.0. The van der Waals surface area contributed by atoms with Gasteiger partial charge in [-0.1, -0.05) is 18.2 Å². The Morgan fingerprint density at radius 3 is 2.38 bits per heavy atom. The van der Waals surface area contributed by atoms with Crippen LogP contribution in [0.3, 0.4) is 0 Å². The molecule has 13 heteroatoms. The summed E-state index contributed by atoms with van der Waals surface area (Å²) >= 11 is 0. The lowest BCUT2D eigenvalue weighted by atomic mass is 9.94. The number of nitrogens with zero attached hydrogens (tertiary/aromatic N) is 4. The van der Waals surface area contributed by atoms with Gasteiger partial charge < -0.3 is 10.4 Å². The smallest absolute Gasteiger partial charge is 0.363 e. The van der Waals surface area contributed by atoms with Gasteiger partial charge in [0.25, 0.3) is 11.6 Å². The van der Waals surface area contributed by atoms with Crippen LogP contribution in [0.4, 0.5) is 32.2 Å². The summed E-state index contributed by atoms with van der Waals surface area (Å²) in [6, 6.07) is 3.26. The summed E-state index contributed by atoms with van der Waals surface area (Å²) in [6.45, 7) is 4.88. The Labute approximate surface area is 190 Å². The molecule has 3 atom stereocenters. The Balaban J connectivity index is 1.73. The molecule has 0 radical (unpaired) electrons. The van der Waals surface area contributed by atoms with E-state index in [2.05, 4.69) is 15.5 Å². The molecule has 184 valence electrons. The van der Waals surface area contributed by atoms with E-state index >= 15 is 0 Å². The predicted molar refractivity (Wildman–Crippen MR) is 109 cm³/mol. The zero-order chi connectivity index (χ0) is 25.2. The Bertz CT molecular complexity index is 1170. The lowest BCUT2D eigenvalue weighted by Gasteiger charge is -2.33. The molecule has 1 amide bonds. The highest BCUT2D eigenvalue weighted by Gasteiger charge is 2.63. The first-order valence-electron chi connectivity index (χ1n) is 10.3. The number of carbonyl (C=O) groups excluding carboxylic acids is 1. The van der Waals surface area contributed by atoms with Gasteiger partial charge in [0.2, 0.25) is 0 Å². The van der Waals surface area contributed by atoms with E-state index in [1.54, 1.807) is 18.2 Å². The largest absolute Gasteiger partial charge is 0.438 e. The van der Waals surface area contributed by atoms with Gasteiger partial charge in [0.1, 0.15) is 5.82 Å². The van der Waals surface area contributed by atoms with Crippen molar-refractivity contribution in [2.75, 3.05) is 5.32 Å². The van der Waals surface area contributed by atoms with Gasteiger partial charge in [-0.15, -0.1) is 0 Å². The second kappa shape index (κ2) is 7.72. The Kier molecular flexibility index (Phi) is 5.46. The molecule has 1 aromatic heterocycles. The minimum Gasteiger partial charge on any atom is -0.363 e. The van der Waals surface area contributed by atoms with Crippen LogP contribution >= 0.6 is 0 Å². The van der Waals surface area contributed by atoms with Gasteiger partial charge in [-0.2, -0.15) is 41.6 Å². The van der Waals surface area contributed by atoms with Crippen molar-refractivity contribution in [3.05, 3.63) is 46.6 Å².